The third-order valence-electron chi connectivity index (χ3n) is 4.22. The zero-order valence-corrected chi connectivity index (χ0v) is 12.8. The molecule has 0 unspecified atom stereocenters. The van der Waals surface area contributed by atoms with E-state index in [0.29, 0.717) is 5.41 Å². The maximum Gasteiger partial charge on any atom is 0.0594 e. The van der Waals surface area contributed by atoms with Crippen molar-refractivity contribution in [3.05, 3.63) is 0 Å². The Morgan fingerprint density at radius 1 is 1.17 bits per heavy atom. The fourth-order valence-electron chi connectivity index (χ4n) is 2.64. The van der Waals surface area contributed by atoms with Gasteiger partial charge in [-0.2, -0.15) is 0 Å². The fourth-order valence-corrected chi connectivity index (χ4v) is 2.64. The quantitative estimate of drug-likeness (QED) is 0.721. The van der Waals surface area contributed by atoms with E-state index in [9.17, 15) is 0 Å². The van der Waals surface area contributed by atoms with Gasteiger partial charge in [0.25, 0.3) is 0 Å². The minimum absolute atomic E-state index is 0.437. The number of hydrogen-bond donors (Lipinski definition) is 1. The summed E-state index contributed by atoms with van der Waals surface area (Å²) in [6.45, 7) is 16.7. The van der Waals surface area contributed by atoms with E-state index in [1.807, 2.05) is 0 Å². The number of nitrogens with one attached hydrogen (secondary N) is 1. The highest BCUT2D eigenvalue weighted by atomic mass is 16.5. The summed E-state index contributed by atoms with van der Waals surface area (Å²) in [6.07, 6.45) is 2.51. The number of rotatable bonds is 8. The summed E-state index contributed by atoms with van der Waals surface area (Å²) in [6, 6.07) is 0. The zero-order chi connectivity index (χ0) is 13.4. The van der Waals surface area contributed by atoms with Gasteiger partial charge < -0.3 is 10.1 Å². The molecule has 0 aliphatic carbocycles. The van der Waals surface area contributed by atoms with Crippen molar-refractivity contribution in [2.75, 3.05) is 45.9 Å². The molecule has 1 heterocycles. The normalized spacial score (nSPS) is 18.5. The lowest BCUT2D eigenvalue weighted by atomic mass is 9.81. The molecule has 0 amide bonds. The molecule has 0 saturated carbocycles. The Bertz CT molecular complexity index is 209. The molecule has 1 N–H and O–H groups in total. The predicted octanol–water partition coefficient (Wildman–Crippen LogP) is 2.37. The lowest BCUT2D eigenvalue weighted by molar-refractivity contribution is 0.0136. The van der Waals surface area contributed by atoms with Crippen LogP contribution in [0.4, 0.5) is 0 Å². The van der Waals surface area contributed by atoms with Gasteiger partial charge >= 0.3 is 0 Å². The fraction of sp³-hybridized carbons (Fsp3) is 1.00. The van der Waals surface area contributed by atoms with Crippen molar-refractivity contribution in [1.29, 1.82) is 0 Å². The molecule has 0 atom stereocenters. The molecule has 1 saturated heterocycles. The molecule has 108 valence electrons. The molecule has 3 nitrogen and oxygen atoms in total. The van der Waals surface area contributed by atoms with E-state index in [4.69, 9.17) is 4.74 Å². The molecule has 0 aromatic rings. The van der Waals surface area contributed by atoms with Crippen LogP contribution in [0.25, 0.3) is 0 Å². The summed E-state index contributed by atoms with van der Waals surface area (Å²) in [5.41, 5.74) is 0.437. The number of hydrogen-bond acceptors (Lipinski definition) is 3. The molecule has 0 spiro atoms. The van der Waals surface area contributed by atoms with E-state index in [1.54, 1.807) is 0 Å². The van der Waals surface area contributed by atoms with Crippen LogP contribution in [0.15, 0.2) is 0 Å². The van der Waals surface area contributed by atoms with Crippen LogP contribution in [0.2, 0.25) is 0 Å². The second-order valence-corrected chi connectivity index (χ2v) is 6.12. The Morgan fingerprint density at radius 2 is 1.78 bits per heavy atom. The molecule has 1 aliphatic rings. The standard InChI is InChI=1S/C15H32N2O/c1-5-15(6-2,12-16-11-14(3)4)13-17-7-9-18-10-8-17/h14,16H,5-13H2,1-4H3. The summed E-state index contributed by atoms with van der Waals surface area (Å²) in [5.74, 6) is 0.736. The molecular formula is C15H32N2O. The maximum absolute atomic E-state index is 5.44. The van der Waals surface area contributed by atoms with Crippen LogP contribution in [0.3, 0.4) is 0 Å². The topological polar surface area (TPSA) is 24.5 Å². The third-order valence-corrected chi connectivity index (χ3v) is 4.22. The maximum atomic E-state index is 5.44. The van der Waals surface area contributed by atoms with Gasteiger partial charge in [-0.3, -0.25) is 4.90 Å². The van der Waals surface area contributed by atoms with Gasteiger partial charge in [-0.25, -0.2) is 0 Å². The summed E-state index contributed by atoms with van der Waals surface area (Å²) < 4.78 is 5.44. The highest BCUT2D eigenvalue weighted by molar-refractivity contribution is 4.83. The highest BCUT2D eigenvalue weighted by Gasteiger charge is 2.29. The van der Waals surface area contributed by atoms with Gasteiger partial charge in [-0.05, 0) is 30.7 Å². The third kappa shape index (κ3) is 5.25. The van der Waals surface area contributed by atoms with Crippen molar-refractivity contribution in [3.63, 3.8) is 0 Å². The van der Waals surface area contributed by atoms with Gasteiger partial charge in [0.2, 0.25) is 0 Å². The van der Waals surface area contributed by atoms with Crippen LogP contribution < -0.4 is 5.32 Å². The second-order valence-electron chi connectivity index (χ2n) is 6.12. The summed E-state index contributed by atoms with van der Waals surface area (Å²) in [7, 11) is 0. The molecule has 0 aromatic carbocycles. The largest absolute Gasteiger partial charge is 0.379 e. The molecule has 3 heteroatoms. The minimum Gasteiger partial charge on any atom is -0.379 e. The first kappa shape index (κ1) is 15.9. The molecule has 18 heavy (non-hydrogen) atoms. The monoisotopic (exact) mass is 256 g/mol. The van der Waals surface area contributed by atoms with E-state index in [2.05, 4.69) is 37.9 Å². The lowest BCUT2D eigenvalue weighted by Crippen LogP contribution is -2.47. The van der Waals surface area contributed by atoms with Gasteiger partial charge in [-0.1, -0.05) is 27.7 Å². The average Bonchev–Trinajstić information content (AvgIpc) is 2.38. The van der Waals surface area contributed by atoms with Crippen molar-refractivity contribution < 1.29 is 4.74 Å². The van der Waals surface area contributed by atoms with E-state index >= 15 is 0 Å². The number of nitrogens with zero attached hydrogens (tertiary/aromatic N) is 1. The number of ether oxygens (including phenoxy) is 1. The van der Waals surface area contributed by atoms with Gasteiger partial charge in [0.15, 0.2) is 0 Å². The van der Waals surface area contributed by atoms with E-state index in [-0.39, 0.29) is 0 Å². The molecule has 1 aliphatic heterocycles. The minimum atomic E-state index is 0.437. The van der Waals surface area contributed by atoms with E-state index < -0.39 is 0 Å². The van der Waals surface area contributed by atoms with Crippen molar-refractivity contribution in [2.24, 2.45) is 11.3 Å². The smallest absolute Gasteiger partial charge is 0.0594 e. The Balaban J connectivity index is 2.44. The van der Waals surface area contributed by atoms with Gasteiger partial charge in [0, 0.05) is 26.2 Å². The lowest BCUT2D eigenvalue weighted by Gasteiger charge is -2.39. The molecule has 0 bridgehead atoms. The Hall–Kier alpha value is -0.120. The molecule has 1 rings (SSSR count). The summed E-state index contributed by atoms with van der Waals surface area (Å²) >= 11 is 0. The van der Waals surface area contributed by atoms with Crippen LogP contribution >= 0.6 is 0 Å². The van der Waals surface area contributed by atoms with Crippen molar-refractivity contribution in [3.8, 4) is 0 Å². The van der Waals surface area contributed by atoms with Gasteiger partial charge in [0.05, 0.1) is 13.2 Å². The van der Waals surface area contributed by atoms with Gasteiger partial charge in [-0.15, -0.1) is 0 Å². The van der Waals surface area contributed by atoms with Crippen LogP contribution in [0, 0.1) is 11.3 Å². The first-order valence-corrected chi connectivity index (χ1v) is 7.62. The van der Waals surface area contributed by atoms with Crippen LogP contribution in [0.5, 0.6) is 0 Å². The van der Waals surface area contributed by atoms with E-state index in [1.165, 1.54) is 19.4 Å². The predicted molar refractivity (Wildman–Crippen MR) is 78.0 cm³/mol. The van der Waals surface area contributed by atoms with Crippen molar-refractivity contribution >= 4 is 0 Å². The van der Waals surface area contributed by atoms with E-state index in [0.717, 1.165) is 45.3 Å². The zero-order valence-electron chi connectivity index (χ0n) is 12.8. The average molecular weight is 256 g/mol. The Kier molecular flexibility index (Phi) is 7.20. The Morgan fingerprint density at radius 3 is 2.28 bits per heavy atom. The first-order valence-electron chi connectivity index (χ1n) is 7.62. The SMILES string of the molecule is CCC(CC)(CNCC(C)C)CN1CCOCC1. The van der Waals surface area contributed by atoms with Crippen LogP contribution in [-0.4, -0.2) is 50.8 Å². The van der Waals surface area contributed by atoms with Crippen molar-refractivity contribution in [1.82, 2.24) is 10.2 Å². The molecule has 1 fully saturated rings. The molecule has 0 aromatic heterocycles. The summed E-state index contributed by atoms with van der Waals surface area (Å²) in [4.78, 5) is 2.58. The highest BCUT2D eigenvalue weighted by Crippen LogP contribution is 2.27. The van der Waals surface area contributed by atoms with Crippen LogP contribution in [-0.2, 0) is 4.74 Å². The molecule has 0 radical (unpaired) electrons. The number of morpholine rings is 1. The second kappa shape index (κ2) is 8.13. The Labute approximate surface area is 113 Å². The van der Waals surface area contributed by atoms with Crippen LogP contribution in [0.1, 0.15) is 40.5 Å². The van der Waals surface area contributed by atoms with Gasteiger partial charge in [0.1, 0.15) is 0 Å². The summed E-state index contributed by atoms with van der Waals surface area (Å²) in [5, 5.41) is 3.66. The first-order chi connectivity index (χ1) is 8.62. The molecular weight excluding hydrogens is 224 g/mol. The van der Waals surface area contributed by atoms with Crippen molar-refractivity contribution in [2.45, 2.75) is 40.5 Å².